The van der Waals surface area contributed by atoms with Gasteiger partial charge in [-0.15, -0.1) is 0 Å². The minimum Gasteiger partial charge on any atom is -0.450 e. The molecular formula is C15H25N5O2. The molecule has 0 aromatic carbocycles. The van der Waals surface area contributed by atoms with Crippen molar-refractivity contribution >= 4 is 17.9 Å². The average molecular weight is 307 g/mol. The summed E-state index contributed by atoms with van der Waals surface area (Å²) in [5.41, 5.74) is 0.931. The van der Waals surface area contributed by atoms with Crippen LogP contribution in [-0.2, 0) is 4.74 Å². The number of nitrogens with zero attached hydrogens (tertiary/aromatic N) is 4. The quantitative estimate of drug-likeness (QED) is 0.916. The van der Waals surface area contributed by atoms with Crippen LogP contribution in [0.5, 0.6) is 0 Å². The highest BCUT2D eigenvalue weighted by atomic mass is 16.6. The van der Waals surface area contributed by atoms with Crippen molar-refractivity contribution in [3.8, 4) is 0 Å². The number of carbonyl (C=O) groups excluding carboxylic acids is 1. The second-order valence-electron chi connectivity index (χ2n) is 5.67. The summed E-state index contributed by atoms with van der Waals surface area (Å²) in [6.45, 7) is 11.0. The van der Waals surface area contributed by atoms with Gasteiger partial charge in [0.1, 0.15) is 5.82 Å². The molecule has 0 spiro atoms. The minimum atomic E-state index is -0.241. The molecule has 22 heavy (non-hydrogen) atoms. The SMILES string of the molecule is CCOC(=O)N1CCN(c2nc(C)cc(NC(C)C)n2)CC1. The number of aryl methyl sites for hydroxylation is 1. The lowest BCUT2D eigenvalue weighted by Crippen LogP contribution is -2.49. The number of hydrogen-bond donors (Lipinski definition) is 1. The van der Waals surface area contributed by atoms with Gasteiger partial charge in [-0.1, -0.05) is 0 Å². The Kier molecular flexibility index (Phi) is 5.41. The smallest absolute Gasteiger partial charge is 0.409 e. The van der Waals surface area contributed by atoms with E-state index in [0.717, 1.165) is 11.5 Å². The molecule has 0 bridgehead atoms. The monoisotopic (exact) mass is 307 g/mol. The summed E-state index contributed by atoms with van der Waals surface area (Å²) >= 11 is 0. The zero-order valence-corrected chi connectivity index (χ0v) is 13.8. The first-order valence-corrected chi connectivity index (χ1v) is 7.78. The molecule has 0 radical (unpaired) electrons. The van der Waals surface area contributed by atoms with E-state index in [1.54, 1.807) is 4.90 Å². The Bertz CT molecular complexity index is 513. The van der Waals surface area contributed by atoms with Crippen LogP contribution in [0.3, 0.4) is 0 Å². The van der Waals surface area contributed by atoms with Gasteiger partial charge >= 0.3 is 6.09 Å². The van der Waals surface area contributed by atoms with E-state index in [-0.39, 0.29) is 6.09 Å². The van der Waals surface area contributed by atoms with Gasteiger partial charge in [-0.05, 0) is 27.7 Å². The Balaban J connectivity index is 2.01. The van der Waals surface area contributed by atoms with Crippen molar-refractivity contribution in [3.05, 3.63) is 11.8 Å². The van der Waals surface area contributed by atoms with E-state index in [2.05, 4.69) is 34.0 Å². The standard InChI is InChI=1S/C15H25N5O2/c1-5-22-15(21)20-8-6-19(7-9-20)14-17-12(4)10-13(18-14)16-11(2)3/h10-11H,5-9H2,1-4H3,(H,16,17,18). The molecule has 1 fully saturated rings. The number of rotatable bonds is 4. The number of ether oxygens (including phenoxy) is 1. The van der Waals surface area contributed by atoms with Gasteiger partial charge in [0.2, 0.25) is 5.95 Å². The maximum Gasteiger partial charge on any atom is 0.409 e. The van der Waals surface area contributed by atoms with Gasteiger partial charge in [0.25, 0.3) is 0 Å². The van der Waals surface area contributed by atoms with E-state index >= 15 is 0 Å². The van der Waals surface area contributed by atoms with Crippen LogP contribution in [-0.4, -0.2) is 59.8 Å². The van der Waals surface area contributed by atoms with E-state index in [1.165, 1.54) is 0 Å². The first kappa shape index (κ1) is 16.3. The summed E-state index contributed by atoms with van der Waals surface area (Å²) in [7, 11) is 0. The number of amides is 1. The minimum absolute atomic E-state index is 0.241. The molecule has 1 amide bonds. The van der Waals surface area contributed by atoms with Gasteiger partial charge in [0.15, 0.2) is 0 Å². The maximum absolute atomic E-state index is 11.7. The normalized spacial score (nSPS) is 15.1. The molecule has 0 atom stereocenters. The molecule has 1 N–H and O–H groups in total. The van der Waals surface area contributed by atoms with Crippen LogP contribution in [0.25, 0.3) is 0 Å². The highest BCUT2D eigenvalue weighted by Crippen LogP contribution is 2.16. The molecule has 2 heterocycles. The van der Waals surface area contributed by atoms with Crippen molar-refractivity contribution in [3.63, 3.8) is 0 Å². The molecule has 2 rings (SSSR count). The molecular weight excluding hydrogens is 282 g/mol. The van der Waals surface area contributed by atoms with Crippen LogP contribution in [0.1, 0.15) is 26.5 Å². The Morgan fingerprint density at radius 2 is 2.00 bits per heavy atom. The average Bonchev–Trinajstić information content (AvgIpc) is 2.46. The third-order valence-electron chi connectivity index (χ3n) is 3.37. The van der Waals surface area contributed by atoms with E-state index < -0.39 is 0 Å². The molecule has 7 heteroatoms. The largest absolute Gasteiger partial charge is 0.450 e. The molecule has 7 nitrogen and oxygen atoms in total. The first-order chi connectivity index (χ1) is 10.5. The number of piperazine rings is 1. The second-order valence-corrected chi connectivity index (χ2v) is 5.67. The molecule has 0 saturated carbocycles. The van der Waals surface area contributed by atoms with Crippen molar-refractivity contribution in [1.82, 2.24) is 14.9 Å². The molecule has 1 aliphatic rings. The maximum atomic E-state index is 11.7. The predicted octanol–water partition coefficient (Wildman–Crippen LogP) is 1.88. The summed E-state index contributed by atoms with van der Waals surface area (Å²) in [6.07, 6.45) is -0.241. The molecule has 0 unspecified atom stereocenters. The van der Waals surface area contributed by atoms with Crippen molar-refractivity contribution in [2.24, 2.45) is 0 Å². The van der Waals surface area contributed by atoms with Crippen molar-refractivity contribution < 1.29 is 9.53 Å². The van der Waals surface area contributed by atoms with Gasteiger partial charge in [-0.2, -0.15) is 4.98 Å². The summed E-state index contributed by atoms with van der Waals surface area (Å²) in [6, 6.07) is 2.26. The first-order valence-electron chi connectivity index (χ1n) is 7.78. The highest BCUT2D eigenvalue weighted by Gasteiger charge is 2.23. The molecule has 0 aliphatic carbocycles. The van der Waals surface area contributed by atoms with Gasteiger partial charge in [-0.25, -0.2) is 9.78 Å². The fourth-order valence-corrected chi connectivity index (χ4v) is 2.37. The zero-order valence-electron chi connectivity index (χ0n) is 13.8. The van der Waals surface area contributed by atoms with E-state index in [1.807, 2.05) is 19.9 Å². The Morgan fingerprint density at radius 3 is 2.59 bits per heavy atom. The van der Waals surface area contributed by atoms with E-state index in [0.29, 0.717) is 44.8 Å². The van der Waals surface area contributed by atoms with Crippen LogP contribution >= 0.6 is 0 Å². The van der Waals surface area contributed by atoms with Crippen molar-refractivity contribution in [1.29, 1.82) is 0 Å². The highest BCUT2D eigenvalue weighted by molar-refractivity contribution is 5.68. The van der Waals surface area contributed by atoms with Gasteiger partial charge in [-0.3, -0.25) is 0 Å². The summed E-state index contributed by atoms with van der Waals surface area (Å²) in [4.78, 5) is 24.6. The summed E-state index contributed by atoms with van der Waals surface area (Å²) < 4.78 is 5.03. The number of anilines is 2. The van der Waals surface area contributed by atoms with Crippen LogP contribution in [0.2, 0.25) is 0 Å². The predicted molar refractivity (Wildman–Crippen MR) is 86.3 cm³/mol. The van der Waals surface area contributed by atoms with Crippen molar-refractivity contribution in [2.75, 3.05) is 43.0 Å². The molecule has 1 saturated heterocycles. The molecule has 1 aliphatic heterocycles. The Morgan fingerprint density at radius 1 is 1.32 bits per heavy atom. The van der Waals surface area contributed by atoms with E-state index in [9.17, 15) is 4.79 Å². The number of hydrogen-bond acceptors (Lipinski definition) is 6. The fourth-order valence-electron chi connectivity index (χ4n) is 2.37. The number of carbonyl (C=O) groups is 1. The molecule has 122 valence electrons. The van der Waals surface area contributed by atoms with Crippen LogP contribution < -0.4 is 10.2 Å². The lowest BCUT2D eigenvalue weighted by Gasteiger charge is -2.34. The third-order valence-corrected chi connectivity index (χ3v) is 3.37. The van der Waals surface area contributed by atoms with Gasteiger partial charge in [0, 0.05) is 44.0 Å². The Hall–Kier alpha value is -2.05. The number of aromatic nitrogens is 2. The van der Waals surface area contributed by atoms with Crippen LogP contribution in [0.15, 0.2) is 6.07 Å². The van der Waals surface area contributed by atoms with Crippen molar-refractivity contribution in [2.45, 2.75) is 33.7 Å². The van der Waals surface area contributed by atoms with Crippen LogP contribution in [0, 0.1) is 6.92 Å². The van der Waals surface area contributed by atoms with Gasteiger partial charge < -0.3 is 19.9 Å². The fraction of sp³-hybridized carbons (Fsp3) is 0.667. The third kappa shape index (κ3) is 4.22. The van der Waals surface area contributed by atoms with Crippen LogP contribution in [0.4, 0.5) is 16.6 Å². The molecule has 1 aromatic heterocycles. The Labute approximate surface area is 131 Å². The lowest BCUT2D eigenvalue weighted by molar-refractivity contribution is 0.105. The number of nitrogens with one attached hydrogen (secondary N) is 1. The van der Waals surface area contributed by atoms with Gasteiger partial charge in [0.05, 0.1) is 6.61 Å². The summed E-state index contributed by atoms with van der Waals surface area (Å²) in [5, 5.41) is 3.31. The lowest BCUT2D eigenvalue weighted by atomic mass is 10.3. The zero-order chi connectivity index (χ0) is 16.1. The second kappa shape index (κ2) is 7.29. The van der Waals surface area contributed by atoms with E-state index in [4.69, 9.17) is 4.74 Å². The topological polar surface area (TPSA) is 70.6 Å². The summed E-state index contributed by atoms with van der Waals surface area (Å²) in [5.74, 6) is 1.55. The molecule has 1 aromatic rings.